The van der Waals surface area contributed by atoms with E-state index in [0.717, 1.165) is 12.8 Å². The first kappa shape index (κ1) is 30.7. The number of halogens is 2. The number of piperidine rings is 1. The standard InChI is InChI=1S/C30H35Cl2N3O6/c31-21-16-20(17-22(32)18-21)27(38)34-24(28(39)35-13-11-30(12-14-35)9-1-2-10-30)7-8-26(37)33-25(29(40)41)15-19-3-5-23(36)6-4-19/h3-6,16-18,24-25,36H,1-2,7-15H2,(H,33,37)(H,34,38)(H,40,41)/t24-,25?/m1/s1. The fraction of sp³-hybridized carbons (Fsp3) is 0.467. The molecule has 4 rings (SSSR count). The number of hydrogen-bond donors (Lipinski definition) is 4. The Morgan fingerprint density at radius 1 is 0.878 bits per heavy atom. The third-order valence-electron chi connectivity index (χ3n) is 8.20. The predicted octanol–water partition coefficient (Wildman–Crippen LogP) is 4.57. The monoisotopic (exact) mass is 603 g/mol. The second-order valence-electron chi connectivity index (χ2n) is 11.1. The molecule has 41 heavy (non-hydrogen) atoms. The number of aliphatic carboxylic acids is 1. The topological polar surface area (TPSA) is 136 Å². The molecule has 1 heterocycles. The van der Waals surface area contributed by atoms with Crippen LogP contribution in [0.15, 0.2) is 42.5 Å². The summed E-state index contributed by atoms with van der Waals surface area (Å²) in [5.74, 6) is -2.54. The molecule has 220 valence electrons. The van der Waals surface area contributed by atoms with Crippen LogP contribution in [-0.4, -0.2) is 64.0 Å². The molecule has 1 aliphatic heterocycles. The highest BCUT2D eigenvalue weighted by Gasteiger charge is 2.39. The number of nitrogens with zero attached hydrogens (tertiary/aromatic N) is 1. The molecule has 2 atom stereocenters. The van der Waals surface area contributed by atoms with Gasteiger partial charge in [-0.25, -0.2) is 4.79 Å². The molecule has 1 saturated heterocycles. The molecule has 2 aromatic carbocycles. The van der Waals surface area contributed by atoms with Gasteiger partial charge in [-0.1, -0.05) is 48.2 Å². The molecule has 11 heteroatoms. The van der Waals surface area contributed by atoms with Gasteiger partial charge in [0, 0.05) is 41.5 Å². The van der Waals surface area contributed by atoms with Gasteiger partial charge in [0.15, 0.2) is 0 Å². The van der Waals surface area contributed by atoms with Crippen molar-refractivity contribution in [2.45, 2.75) is 69.9 Å². The minimum absolute atomic E-state index is 0.0160. The number of phenolic OH excluding ortho intramolecular Hbond substituents is 1. The third kappa shape index (κ3) is 8.36. The Bertz CT molecular complexity index is 1250. The lowest BCUT2D eigenvalue weighted by Gasteiger charge is -2.40. The fourth-order valence-electron chi connectivity index (χ4n) is 5.84. The minimum Gasteiger partial charge on any atom is -0.508 e. The van der Waals surface area contributed by atoms with Crippen LogP contribution < -0.4 is 10.6 Å². The van der Waals surface area contributed by atoms with Crippen molar-refractivity contribution in [3.8, 4) is 5.75 Å². The summed E-state index contributed by atoms with van der Waals surface area (Å²) in [6.45, 7) is 1.18. The van der Waals surface area contributed by atoms with E-state index in [9.17, 15) is 29.4 Å². The number of hydrogen-bond acceptors (Lipinski definition) is 5. The van der Waals surface area contributed by atoms with Gasteiger partial charge in [0.1, 0.15) is 17.8 Å². The third-order valence-corrected chi connectivity index (χ3v) is 8.63. The zero-order valence-electron chi connectivity index (χ0n) is 22.7. The number of rotatable bonds is 10. The van der Waals surface area contributed by atoms with Gasteiger partial charge in [-0.15, -0.1) is 0 Å². The maximum atomic E-state index is 13.6. The summed E-state index contributed by atoms with van der Waals surface area (Å²) in [5, 5.41) is 24.9. The van der Waals surface area contributed by atoms with E-state index < -0.39 is 29.9 Å². The Balaban J connectivity index is 1.42. The highest BCUT2D eigenvalue weighted by molar-refractivity contribution is 6.35. The van der Waals surface area contributed by atoms with Crippen molar-refractivity contribution in [2.24, 2.45) is 5.41 Å². The lowest BCUT2D eigenvalue weighted by atomic mass is 9.77. The van der Waals surface area contributed by atoms with E-state index in [-0.39, 0.29) is 46.5 Å². The highest BCUT2D eigenvalue weighted by Crippen LogP contribution is 2.46. The predicted molar refractivity (Wildman–Crippen MR) is 155 cm³/mol. The molecule has 0 bridgehead atoms. The average Bonchev–Trinajstić information content (AvgIpc) is 3.38. The van der Waals surface area contributed by atoms with Crippen molar-refractivity contribution in [1.29, 1.82) is 0 Å². The van der Waals surface area contributed by atoms with E-state index >= 15 is 0 Å². The molecule has 0 radical (unpaired) electrons. The van der Waals surface area contributed by atoms with E-state index in [4.69, 9.17) is 23.2 Å². The minimum atomic E-state index is -1.21. The Hall–Kier alpha value is -3.30. The summed E-state index contributed by atoms with van der Waals surface area (Å²) >= 11 is 12.1. The molecule has 1 spiro atoms. The van der Waals surface area contributed by atoms with Gasteiger partial charge < -0.3 is 25.7 Å². The van der Waals surface area contributed by atoms with Crippen molar-refractivity contribution in [3.63, 3.8) is 0 Å². The number of carboxylic acids is 1. The van der Waals surface area contributed by atoms with Crippen LogP contribution in [0.1, 0.15) is 67.3 Å². The van der Waals surface area contributed by atoms with Gasteiger partial charge in [-0.3, -0.25) is 14.4 Å². The Kier molecular flexibility index (Phi) is 10.1. The summed E-state index contributed by atoms with van der Waals surface area (Å²) in [6.07, 6.45) is 6.46. The number of carbonyl (C=O) groups is 4. The number of benzene rings is 2. The van der Waals surface area contributed by atoms with Crippen LogP contribution in [0.2, 0.25) is 10.0 Å². The van der Waals surface area contributed by atoms with E-state index in [1.807, 2.05) is 0 Å². The smallest absolute Gasteiger partial charge is 0.326 e. The Morgan fingerprint density at radius 3 is 2.07 bits per heavy atom. The molecule has 1 unspecified atom stereocenters. The molecule has 3 amide bonds. The lowest BCUT2D eigenvalue weighted by molar-refractivity contribution is -0.142. The molecule has 1 saturated carbocycles. The zero-order chi connectivity index (χ0) is 29.6. The average molecular weight is 605 g/mol. The molecule has 2 fully saturated rings. The van der Waals surface area contributed by atoms with Crippen molar-refractivity contribution >= 4 is 46.9 Å². The number of amides is 3. The van der Waals surface area contributed by atoms with Gasteiger partial charge >= 0.3 is 5.97 Å². The number of carbonyl (C=O) groups excluding carboxylic acids is 3. The number of nitrogens with one attached hydrogen (secondary N) is 2. The highest BCUT2D eigenvalue weighted by atomic mass is 35.5. The van der Waals surface area contributed by atoms with Crippen LogP contribution in [0.5, 0.6) is 5.75 Å². The molecule has 2 aliphatic rings. The van der Waals surface area contributed by atoms with Crippen molar-refractivity contribution in [1.82, 2.24) is 15.5 Å². The van der Waals surface area contributed by atoms with Gasteiger partial charge in [-0.2, -0.15) is 0 Å². The summed E-state index contributed by atoms with van der Waals surface area (Å²) in [4.78, 5) is 53.1. The lowest BCUT2D eigenvalue weighted by Crippen LogP contribution is -2.52. The second-order valence-corrected chi connectivity index (χ2v) is 12.0. The largest absolute Gasteiger partial charge is 0.508 e. The molecule has 9 nitrogen and oxygen atoms in total. The van der Waals surface area contributed by atoms with Gasteiger partial charge in [0.2, 0.25) is 11.8 Å². The maximum Gasteiger partial charge on any atom is 0.326 e. The second kappa shape index (κ2) is 13.6. The molecule has 2 aromatic rings. The summed E-state index contributed by atoms with van der Waals surface area (Å²) in [6, 6.07) is 8.24. The summed E-state index contributed by atoms with van der Waals surface area (Å²) in [5.41, 5.74) is 1.12. The van der Waals surface area contributed by atoms with Gasteiger partial charge in [0.05, 0.1) is 0 Å². The molecular formula is C30H35Cl2N3O6. The quantitative estimate of drug-likeness (QED) is 0.314. The Morgan fingerprint density at radius 2 is 1.49 bits per heavy atom. The van der Waals surface area contributed by atoms with Crippen LogP contribution in [0.3, 0.4) is 0 Å². The van der Waals surface area contributed by atoms with Crippen molar-refractivity contribution in [3.05, 3.63) is 63.6 Å². The van der Waals surface area contributed by atoms with Gasteiger partial charge in [-0.05, 0) is 73.4 Å². The first-order chi connectivity index (χ1) is 19.5. The van der Waals surface area contributed by atoms with Crippen molar-refractivity contribution < 1.29 is 29.4 Å². The normalized spacial score (nSPS) is 17.6. The molecule has 0 aromatic heterocycles. The molecular weight excluding hydrogens is 569 g/mol. The summed E-state index contributed by atoms with van der Waals surface area (Å²) < 4.78 is 0. The van der Waals surface area contributed by atoms with Crippen LogP contribution in [0, 0.1) is 5.41 Å². The van der Waals surface area contributed by atoms with Crippen LogP contribution >= 0.6 is 23.2 Å². The van der Waals surface area contributed by atoms with E-state index in [1.165, 1.54) is 56.0 Å². The SMILES string of the molecule is O=C(CC[C@@H](NC(=O)c1cc(Cl)cc(Cl)c1)C(=O)N1CCC2(CCCC2)CC1)NC(Cc1ccc(O)cc1)C(=O)O. The number of phenols is 1. The Labute approximate surface area is 249 Å². The number of carboxylic acid groups (broad SMARTS) is 1. The maximum absolute atomic E-state index is 13.6. The van der Waals surface area contributed by atoms with E-state index in [1.54, 1.807) is 17.0 Å². The summed E-state index contributed by atoms with van der Waals surface area (Å²) in [7, 11) is 0. The number of aromatic hydroxyl groups is 1. The van der Waals surface area contributed by atoms with Gasteiger partial charge in [0.25, 0.3) is 5.91 Å². The first-order valence-corrected chi connectivity index (χ1v) is 14.6. The van der Waals surface area contributed by atoms with E-state index in [0.29, 0.717) is 24.1 Å². The van der Waals surface area contributed by atoms with Crippen LogP contribution in [-0.2, 0) is 20.8 Å². The molecule has 4 N–H and O–H groups in total. The van der Waals surface area contributed by atoms with Crippen LogP contribution in [0.25, 0.3) is 0 Å². The molecule has 1 aliphatic carbocycles. The fourth-order valence-corrected chi connectivity index (χ4v) is 6.37. The van der Waals surface area contributed by atoms with Crippen molar-refractivity contribution in [2.75, 3.05) is 13.1 Å². The van der Waals surface area contributed by atoms with E-state index in [2.05, 4.69) is 10.6 Å². The van der Waals surface area contributed by atoms with Crippen LogP contribution in [0.4, 0.5) is 0 Å². The number of likely N-dealkylation sites (tertiary alicyclic amines) is 1. The first-order valence-electron chi connectivity index (χ1n) is 13.9. The zero-order valence-corrected chi connectivity index (χ0v) is 24.2.